The predicted molar refractivity (Wildman–Crippen MR) is 107 cm³/mol. The summed E-state index contributed by atoms with van der Waals surface area (Å²) < 4.78 is 11.3. The van der Waals surface area contributed by atoms with Gasteiger partial charge in [-0.3, -0.25) is 9.59 Å². The molecule has 1 saturated heterocycles. The number of β-amino-alcohol motifs (C(OH)–C–C–N with tert-alkyl or cyclic N) is 1. The first-order valence-corrected chi connectivity index (χ1v) is 10.2. The number of aliphatic hydroxyl groups is 1. The van der Waals surface area contributed by atoms with Gasteiger partial charge in [0.1, 0.15) is 0 Å². The Morgan fingerprint density at radius 1 is 1.30 bits per heavy atom. The molecule has 0 radical (unpaired) electrons. The lowest BCUT2D eigenvalue weighted by Gasteiger charge is -2.36. The first-order valence-electron chi connectivity index (χ1n) is 10.2. The van der Waals surface area contributed by atoms with Crippen LogP contribution in [0.25, 0.3) is 0 Å². The van der Waals surface area contributed by atoms with Crippen LogP contribution >= 0.6 is 0 Å². The molecule has 2 heterocycles. The van der Waals surface area contributed by atoms with Crippen molar-refractivity contribution < 1.29 is 29.3 Å². The maximum Gasteiger partial charge on any atom is 0.303 e. The second-order valence-electron chi connectivity index (χ2n) is 7.64. The summed E-state index contributed by atoms with van der Waals surface area (Å²) in [4.78, 5) is 25.5. The van der Waals surface area contributed by atoms with Gasteiger partial charge in [-0.15, -0.1) is 0 Å². The number of hydrogen-bond donors (Lipinski definition) is 3. The number of amides is 1. The van der Waals surface area contributed by atoms with Crippen molar-refractivity contribution in [1.29, 1.82) is 5.26 Å². The lowest BCUT2D eigenvalue weighted by molar-refractivity contribution is -0.137. The fourth-order valence-electron chi connectivity index (χ4n) is 3.77. The van der Waals surface area contributed by atoms with Crippen LogP contribution in [0.2, 0.25) is 0 Å². The molecule has 2 aliphatic rings. The highest BCUT2D eigenvalue weighted by Crippen LogP contribution is 2.35. The maximum absolute atomic E-state index is 12.8. The van der Waals surface area contributed by atoms with Crippen molar-refractivity contribution in [2.45, 2.75) is 31.8 Å². The number of nitrogens with one attached hydrogen (secondary N) is 1. The van der Waals surface area contributed by atoms with E-state index in [1.165, 1.54) is 6.07 Å². The number of nitriles is 1. The number of piperidine rings is 1. The average molecular weight is 417 g/mol. The quantitative estimate of drug-likeness (QED) is 0.599. The number of carboxylic acids is 1. The number of benzene rings is 1. The minimum absolute atomic E-state index is 0.0976. The van der Waals surface area contributed by atoms with Crippen LogP contribution in [-0.4, -0.2) is 72.5 Å². The van der Waals surface area contributed by atoms with Gasteiger partial charge in [0.05, 0.1) is 36.5 Å². The summed E-state index contributed by atoms with van der Waals surface area (Å²) in [6.45, 7) is 3.02. The normalized spacial score (nSPS) is 21.3. The van der Waals surface area contributed by atoms with Gasteiger partial charge in [0.2, 0.25) is 0 Å². The summed E-state index contributed by atoms with van der Waals surface area (Å²) in [7, 11) is 0. The number of carbonyl (C=O) groups is 2. The Morgan fingerprint density at radius 3 is 2.83 bits per heavy atom. The molecule has 3 N–H and O–H groups in total. The van der Waals surface area contributed by atoms with Crippen LogP contribution in [0.15, 0.2) is 12.1 Å². The summed E-state index contributed by atoms with van der Waals surface area (Å²) in [5.41, 5.74) is 0.575. The molecule has 0 spiro atoms. The highest BCUT2D eigenvalue weighted by atomic mass is 16.5. The zero-order chi connectivity index (χ0) is 21.5. The molecule has 0 bridgehead atoms. The summed E-state index contributed by atoms with van der Waals surface area (Å²) in [5, 5.41) is 31.3. The summed E-state index contributed by atoms with van der Waals surface area (Å²) in [5.74, 6) is -0.547. The molecule has 9 nitrogen and oxygen atoms in total. The third kappa shape index (κ3) is 5.62. The van der Waals surface area contributed by atoms with Crippen LogP contribution in [0.1, 0.15) is 41.6 Å². The third-order valence-electron chi connectivity index (χ3n) is 5.42. The Bertz CT molecular complexity index is 822. The van der Waals surface area contributed by atoms with Crippen molar-refractivity contribution in [2.24, 2.45) is 5.92 Å². The van der Waals surface area contributed by atoms with Crippen LogP contribution in [0.4, 0.5) is 0 Å². The Kier molecular flexibility index (Phi) is 7.49. The summed E-state index contributed by atoms with van der Waals surface area (Å²) in [6.07, 6.45) is 1.45. The van der Waals surface area contributed by atoms with Gasteiger partial charge in [-0.05, 0) is 32.0 Å². The van der Waals surface area contributed by atoms with Gasteiger partial charge < -0.3 is 29.9 Å². The summed E-state index contributed by atoms with van der Waals surface area (Å²) >= 11 is 0. The number of carboxylic acid groups (broad SMARTS) is 1. The monoisotopic (exact) mass is 417 g/mol. The van der Waals surface area contributed by atoms with Crippen molar-refractivity contribution in [2.75, 3.05) is 39.4 Å². The van der Waals surface area contributed by atoms with Crippen LogP contribution < -0.4 is 14.8 Å². The molecular formula is C21H27N3O6. The summed E-state index contributed by atoms with van der Waals surface area (Å²) in [6, 6.07) is 5.10. The number of aliphatic carboxylic acids is 1. The van der Waals surface area contributed by atoms with Gasteiger partial charge in [-0.25, -0.2) is 0 Å². The zero-order valence-electron chi connectivity index (χ0n) is 16.8. The number of carbonyl (C=O) groups excluding carboxylic acids is 1. The molecule has 1 amide bonds. The van der Waals surface area contributed by atoms with Crippen LogP contribution in [0.3, 0.4) is 0 Å². The largest absolute Gasteiger partial charge is 0.489 e. The van der Waals surface area contributed by atoms with Gasteiger partial charge in [-0.1, -0.05) is 0 Å². The Hall–Kier alpha value is -2.83. The van der Waals surface area contributed by atoms with Gasteiger partial charge in [-0.2, -0.15) is 5.26 Å². The van der Waals surface area contributed by atoms with Gasteiger partial charge in [0.15, 0.2) is 11.5 Å². The van der Waals surface area contributed by atoms with Crippen LogP contribution in [0.5, 0.6) is 11.5 Å². The smallest absolute Gasteiger partial charge is 0.303 e. The van der Waals surface area contributed by atoms with E-state index in [-0.39, 0.29) is 23.8 Å². The molecule has 162 valence electrons. The second-order valence-corrected chi connectivity index (χ2v) is 7.64. The molecular weight excluding hydrogens is 390 g/mol. The van der Waals surface area contributed by atoms with E-state index in [2.05, 4.69) is 5.32 Å². The zero-order valence-corrected chi connectivity index (χ0v) is 16.8. The predicted octanol–water partition coefficient (Wildman–Crippen LogP) is 0.997. The Labute approximate surface area is 175 Å². The van der Waals surface area contributed by atoms with E-state index in [1.807, 2.05) is 11.0 Å². The van der Waals surface area contributed by atoms with E-state index in [9.17, 15) is 20.0 Å². The maximum atomic E-state index is 12.8. The van der Waals surface area contributed by atoms with Gasteiger partial charge in [0.25, 0.3) is 5.91 Å². The Balaban J connectivity index is 1.57. The van der Waals surface area contributed by atoms with Crippen LogP contribution in [-0.2, 0) is 4.79 Å². The number of rotatable bonds is 7. The minimum atomic E-state index is -0.819. The first-order chi connectivity index (χ1) is 14.5. The molecule has 0 aliphatic carbocycles. The first kappa shape index (κ1) is 21.9. The van der Waals surface area contributed by atoms with Crippen molar-refractivity contribution >= 4 is 11.9 Å². The fraction of sp³-hybridized carbons (Fsp3) is 0.571. The van der Waals surface area contributed by atoms with Crippen molar-refractivity contribution in [3.63, 3.8) is 0 Å². The number of aliphatic hydroxyl groups excluding tert-OH is 1. The number of likely N-dealkylation sites (tertiary alicyclic amines) is 1. The van der Waals surface area contributed by atoms with Crippen molar-refractivity contribution in [3.05, 3.63) is 23.3 Å². The molecule has 0 unspecified atom stereocenters. The number of ether oxygens (including phenoxy) is 2. The van der Waals surface area contributed by atoms with E-state index < -0.39 is 12.1 Å². The fourth-order valence-corrected chi connectivity index (χ4v) is 3.77. The topological polar surface area (TPSA) is 132 Å². The van der Waals surface area contributed by atoms with Gasteiger partial charge in [0, 0.05) is 37.9 Å². The highest BCUT2D eigenvalue weighted by Gasteiger charge is 2.29. The second kappa shape index (κ2) is 10.3. The molecule has 1 aromatic carbocycles. The number of hydrogen-bond acceptors (Lipinski definition) is 7. The average Bonchev–Trinajstić information content (AvgIpc) is 2.97. The van der Waals surface area contributed by atoms with E-state index in [1.54, 1.807) is 6.07 Å². The molecule has 1 aromatic rings. The highest BCUT2D eigenvalue weighted by molar-refractivity contribution is 5.98. The van der Waals surface area contributed by atoms with E-state index in [0.717, 1.165) is 6.54 Å². The van der Waals surface area contributed by atoms with Crippen molar-refractivity contribution in [3.8, 4) is 17.6 Å². The number of nitrogens with zero attached hydrogens (tertiary/aromatic N) is 2. The molecule has 1 fully saturated rings. The molecule has 0 aromatic heterocycles. The SMILES string of the molecule is N#Cc1cc2c(c(C(=O)NC[C@@H]3CCN(CCCC(=O)O)C[C@H]3O)c1)OCCCO2. The van der Waals surface area contributed by atoms with E-state index in [0.29, 0.717) is 69.2 Å². The standard InChI is InChI=1S/C21H27N3O6/c22-11-14-9-16(20-18(10-14)29-7-2-8-30-20)21(28)23-12-15-4-6-24(13-17(15)25)5-1-3-19(26)27/h9-10,15,17,25H,1-8,12-13H2,(H,23,28)(H,26,27)/t15-,17+/m0/s1. The third-order valence-corrected chi connectivity index (χ3v) is 5.42. The number of fused-ring (bicyclic) bond motifs is 1. The van der Waals surface area contributed by atoms with E-state index >= 15 is 0 Å². The molecule has 2 aliphatic heterocycles. The molecule has 0 saturated carbocycles. The molecule has 3 rings (SSSR count). The lowest BCUT2D eigenvalue weighted by atomic mass is 9.93. The molecule has 9 heteroatoms. The lowest BCUT2D eigenvalue weighted by Crippen LogP contribution is -2.47. The van der Waals surface area contributed by atoms with Crippen LogP contribution in [0, 0.1) is 17.2 Å². The molecule has 2 atom stereocenters. The van der Waals surface area contributed by atoms with E-state index in [4.69, 9.17) is 14.6 Å². The van der Waals surface area contributed by atoms with Gasteiger partial charge >= 0.3 is 5.97 Å². The van der Waals surface area contributed by atoms with Crippen molar-refractivity contribution in [1.82, 2.24) is 10.2 Å². The molecule has 30 heavy (non-hydrogen) atoms. The minimum Gasteiger partial charge on any atom is -0.489 e. The Morgan fingerprint density at radius 2 is 2.10 bits per heavy atom.